The monoisotopic (exact) mass is 893 g/mol. The van der Waals surface area contributed by atoms with E-state index in [0.29, 0.717) is 57.3 Å². The van der Waals surface area contributed by atoms with E-state index in [1.165, 1.54) is 93.8 Å². The second-order valence-corrected chi connectivity index (χ2v) is 15.7. The number of rotatable bonds is 25. The molecular weight excluding hydrogens is 841 g/mol. The number of para-hydroxylation sites is 1. The van der Waals surface area contributed by atoms with Gasteiger partial charge in [-0.15, -0.1) is 0 Å². The Kier molecular flexibility index (Phi) is 19.6. The summed E-state index contributed by atoms with van der Waals surface area (Å²) >= 11 is 12.9. The predicted molar refractivity (Wildman–Crippen MR) is 251 cm³/mol. The average Bonchev–Trinajstić information content (AvgIpc) is 3.28. The van der Waals surface area contributed by atoms with Gasteiger partial charge in [0.2, 0.25) is 11.5 Å². The van der Waals surface area contributed by atoms with Crippen LogP contribution in [0.5, 0.6) is 23.0 Å². The highest BCUT2D eigenvalue weighted by atomic mass is 35.5. The Bertz CT molecular complexity index is 2180. The second-order valence-electron chi connectivity index (χ2n) is 14.9. The zero-order valence-electron chi connectivity index (χ0n) is 35.7. The minimum atomic E-state index is -0.847. The number of benzene rings is 5. The molecule has 0 aliphatic rings. The summed E-state index contributed by atoms with van der Waals surface area (Å²) in [6.45, 7) is 5.61. The van der Waals surface area contributed by atoms with Gasteiger partial charge in [-0.25, -0.2) is 9.59 Å². The van der Waals surface area contributed by atoms with E-state index in [-0.39, 0.29) is 22.6 Å². The van der Waals surface area contributed by atoms with E-state index in [0.717, 1.165) is 25.7 Å². The standard InChI is InChI=1S/C50H53Cl2N3O8/c1-3-5-7-9-11-13-30-60-44-28-26-40(32-42(44)51)53-34-36-18-22-38(23-19-36)49(56)62-46-16-15-17-47(48(46)55(58)59)63-50(57)39-24-20-37(21-25-39)35-54-41-27-29-45(43(52)33-41)61-31-14-12-10-8-6-4-2/h15-29,32-35H,3-14,30-31H2,1-2H3. The maximum absolute atomic E-state index is 13.1. The fraction of sp³-hybridized carbons (Fsp3) is 0.320. The van der Waals surface area contributed by atoms with Gasteiger partial charge in [0.05, 0.1) is 50.7 Å². The number of halogens is 2. The van der Waals surface area contributed by atoms with Crippen molar-refractivity contribution in [2.24, 2.45) is 9.98 Å². The molecular formula is C50H53Cl2N3O8. The molecule has 0 saturated heterocycles. The van der Waals surface area contributed by atoms with Gasteiger partial charge in [0, 0.05) is 12.4 Å². The van der Waals surface area contributed by atoms with Crippen LogP contribution in [0.4, 0.5) is 17.1 Å². The molecule has 13 heteroatoms. The third-order valence-electron chi connectivity index (χ3n) is 9.91. The summed E-state index contributed by atoms with van der Waals surface area (Å²) in [5, 5.41) is 13.1. The molecule has 5 aromatic carbocycles. The maximum Gasteiger partial charge on any atom is 0.353 e. The number of aliphatic imine (C=N–C) groups is 2. The van der Waals surface area contributed by atoms with E-state index >= 15 is 0 Å². The van der Waals surface area contributed by atoms with Crippen molar-refractivity contribution in [1.82, 2.24) is 0 Å². The van der Waals surface area contributed by atoms with Crippen LogP contribution in [-0.4, -0.2) is 42.5 Å². The molecule has 5 aromatic rings. The highest BCUT2D eigenvalue weighted by molar-refractivity contribution is 6.32. The van der Waals surface area contributed by atoms with E-state index in [1.807, 2.05) is 12.1 Å². The molecule has 0 fully saturated rings. The van der Waals surface area contributed by atoms with E-state index in [4.69, 9.17) is 42.1 Å². The molecule has 11 nitrogen and oxygen atoms in total. The zero-order chi connectivity index (χ0) is 44.8. The molecule has 0 aliphatic carbocycles. The lowest BCUT2D eigenvalue weighted by Crippen LogP contribution is -2.12. The van der Waals surface area contributed by atoms with Crippen molar-refractivity contribution in [2.75, 3.05) is 13.2 Å². The van der Waals surface area contributed by atoms with Gasteiger partial charge in [-0.2, -0.15) is 0 Å². The van der Waals surface area contributed by atoms with Crippen molar-refractivity contribution in [3.05, 3.63) is 146 Å². The molecule has 0 atom stereocenters. The SMILES string of the molecule is CCCCCCCCOc1ccc(N=Cc2ccc(C(=O)Oc3cccc(OC(=O)c4ccc(C=Nc5ccc(OCCCCCCCC)c(Cl)c5)cc4)c3[N+](=O)[O-])cc2)cc1Cl. The van der Waals surface area contributed by atoms with Crippen LogP contribution < -0.4 is 18.9 Å². The van der Waals surface area contributed by atoms with Crippen LogP contribution in [0, 0.1) is 10.1 Å². The van der Waals surface area contributed by atoms with E-state index in [9.17, 15) is 19.7 Å². The normalized spacial score (nSPS) is 11.2. The van der Waals surface area contributed by atoms with Crippen LogP contribution in [0.1, 0.15) is 123 Å². The Balaban J connectivity index is 1.13. The quantitative estimate of drug-likeness (QED) is 0.0141. The highest BCUT2D eigenvalue weighted by Gasteiger charge is 2.27. The summed E-state index contributed by atoms with van der Waals surface area (Å²) in [5.41, 5.74) is 2.21. The Morgan fingerprint density at radius 1 is 0.556 bits per heavy atom. The Morgan fingerprint density at radius 3 is 1.33 bits per heavy atom. The number of carbonyl (C=O) groups excluding carboxylic acids is 2. The number of nitro groups is 1. The van der Waals surface area contributed by atoms with Crippen molar-refractivity contribution in [3.8, 4) is 23.0 Å². The molecule has 5 rings (SSSR count). The third-order valence-corrected chi connectivity index (χ3v) is 10.5. The molecule has 0 heterocycles. The first-order valence-corrected chi connectivity index (χ1v) is 22.3. The lowest BCUT2D eigenvalue weighted by atomic mass is 10.1. The summed E-state index contributed by atoms with van der Waals surface area (Å²) in [4.78, 5) is 46.6. The average molecular weight is 895 g/mol. The second kappa shape index (κ2) is 25.8. The summed E-state index contributed by atoms with van der Waals surface area (Å²) in [7, 11) is 0. The summed E-state index contributed by atoms with van der Waals surface area (Å²) in [6, 6.07) is 27.2. The first-order valence-electron chi connectivity index (χ1n) is 21.5. The number of ether oxygens (including phenoxy) is 4. The van der Waals surface area contributed by atoms with E-state index < -0.39 is 22.5 Å². The predicted octanol–water partition coefficient (Wildman–Crippen LogP) is 14.3. The van der Waals surface area contributed by atoms with Gasteiger partial charge in [-0.05, 0) is 96.8 Å². The van der Waals surface area contributed by atoms with Gasteiger partial charge in [0.15, 0.2) is 0 Å². The number of hydrogen-bond acceptors (Lipinski definition) is 10. The van der Waals surface area contributed by atoms with Gasteiger partial charge in [0.25, 0.3) is 0 Å². The molecule has 0 amide bonds. The van der Waals surface area contributed by atoms with Crippen molar-refractivity contribution in [3.63, 3.8) is 0 Å². The van der Waals surface area contributed by atoms with Gasteiger partial charge >= 0.3 is 17.6 Å². The Labute approximate surface area is 379 Å². The Hall–Kier alpha value is -6.04. The number of hydrogen-bond donors (Lipinski definition) is 0. The van der Waals surface area contributed by atoms with Gasteiger partial charge in [-0.1, -0.05) is 132 Å². The number of carbonyl (C=O) groups is 2. The third kappa shape index (κ3) is 15.7. The fourth-order valence-electron chi connectivity index (χ4n) is 6.38. The lowest BCUT2D eigenvalue weighted by molar-refractivity contribution is -0.386. The van der Waals surface area contributed by atoms with Crippen LogP contribution in [0.3, 0.4) is 0 Å². The highest BCUT2D eigenvalue weighted by Crippen LogP contribution is 2.38. The van der Waals surface area contributed by atoms with Crippen LogP contribution in [0.25, 0.3) is 0 Å². The first kappa shape index (κ1) is 48.0. The van der Waals surface area contributed by atoms with Gasteiger partial charge in [-0.3, -0.25) is 20.1 Å². The maximum atomic E-state index is 13.1. The minimum absolute atomic E-state index is 0.135. The summed E-state index contributed by atoms with van der Waals surface area (Å²) < 4.78 is 22.6. The van der Waals surface area contributed by atoms with Crippen molar-refractivity contribution in [1.29, 1.82) is 0 Å². The smallest absolute Gasteiger partial charge is 0.353 e. The van der Waals surface area contributed by atoms with Crippen LogP contribution >= 0.6 is 23.2 Å². The number of nitrogens with zero attached hydrogens (tertiary/aromatic N) is 3. The van der Waals surface area contributed by atoms with E-state index in [1.54, 1.807) is 61.0 Å². The first-order chi connectivity index (χ1) is 30.6. The molecule has 330 valence electrons. The zero-order valence-corrected chi connectivity index (χ0v) is 37.2. The molecule has 0 spiro atoms. The van der Waals surface area contributed by atoms with Gasteiger partial charge < -0.3 is 18.9 Å². The molecule has 0 unspecified atom stereocenters. The van der Waals surface area contributed by atoms with Crippen LogP contribution in [0.15, 0.2) is 113 Å². The van der Waals surface area contributed by atoms with Gasteiger partial charge in [0.1, 0.15) is 11.5 Å². The van der Waals surface area contributed by atoms with Crippen LogP contribution in [-0.2, 0) is 0 Å². The summed E-state index contributed by atoms with van der Waals surface area (Å²) in [6.07, 6.45) is 17.3. The van der Waals surface area contributed by atoms with Crippen molar-refractivity contribution < 1.29 is 33.5 Å². The molecule has 0 saturated carbocycles. The largest absolute Gasteiger partial charge is 0.492 e. The molecule has 0 aromatic heterocycles. The minimum Gasteiger partial charge on any atom is -0.492 e. The van der Waals surface area contributed by atoms with Crippen molar-refractivity contribution in [2.45, 2.75) is 90.9 Å². The topological polar surface area (TPSA) is 139 Å². The Morgan fingerprint density at radius 2 is 0.952 bits per heavy atom. The number of esters is 2. The molecule has 0 N–H and O–H groups in total. The molecule has 0 bridgehead atoms. The number of unbranched alkanes of at least 4 members (excludes halogenated alkanes) is 10. The summed E-state index contributed by atoms with van der Waals surface area (Å²) in [5.74, 6) is -1.25. The molecule has 63 heavy (non-hydrogen) atoms. The molecule has 0 radical (unpaired) electrons. The fourth-order valence-corrected chi connectivity index (χ4v) is 6.84. The lowest BCUT2D eigenvalue weighted by Gasteiger charge is -2.09. The number of nitro benzene ring substituents is 1. The van der Waals surface area contributed by atoms with Crippen LogP contribution in [0.2, 0.25) is 10.0 Å². The van der Waals surface area contributed by atoms with E-state index in [2.05, 4.69) is 23.8 Å². The van der Waals surface area contributed by atoms with Crippen molar-refractivity contribution >= 4 is 64.6 Å². The molecule has 0 aliphatic heterocycles.